The Morgan fingerprint density at radius 2 is 1.86 bits per heavy atom. The molecular weight excluding hydrogens is 276 g/mol. The number of allylic oxidation sites excluding steroid dienone is 1. The lowest BCUT2D eigenvalue weighted by atomic mass is 10.0. The van der Waals surface area contributed by atoms with E-state index in [0.29, 0.717) is 18.6 Å². The highest BCUT2D eigenvalue weighted by molar-refractivity contribution is 5.63. The van der Waals surface area contributed by atoms with Crippen LogP contribution >= 0.6 is 0 Å². The SMILES string of the molecule is COC/C=C/Cc1cn(N(C)C)cc(-c2ccccc2)c1=O. The first-order chi connectivity index (χ1) is 10.6. The summed E-state index contributed by atoms with van der Waals surface area (Å²) in [5.74, 6) is 0. The van der Waals surface area contributed by atoms with E-state index < -0.39 is 0 Å². The maximum atomic E-state index is 12.7. The molecule has 1 heterocycles. The Balaban J connectivity index is 2.45. The Morgan fingerprint density at radius 3 is 2.50 bits per heavy atom. The molecule has 0 aliphatic heterocycles. The van der Waals surface area contributed by atoms with E-state index in [0.717, 1.165) is 11.1 Å². The van der Waals surface area contributed by atoms with Gasteiger partial charge in [0.15, 0.2) is 5.43 Å². The van der Waals surface area contributed by atoms with Crippen LogP contribution in [-0.4, -0.2) is 32.5 Å². The summed E-state index contributed by atoms with van der Waals surface area (Å²) in [6, 6.07) is 9.76. The zero-order valence-electron chi connectivity index (χ0n) is 13.3. The first-order valence-electron chi connectivity index (χ1n) is 7.25. The molecule has 0 bridgehead atoms. The van der Waals surface area contributed by atoms with Crippen molar-refractivity contribution in [1.29, 1.82) is 0 Å². The minimum Gasteiger partial charge on any atom is -0.381 e. The zero-order valence-corrected chi connectivity index (χ0v) is 13.3. The molecule has 1 aromatic heterocycles. The molecule has 4 nitrogen and oxygen atoms in total. The Morgan fingerprint density at radius 1 is 1.14 bits per heavy atom. The number of ether oxygens (including phenoxy) is 1. The van der Waals surface area contributed by atoms with Crippen molar-refractivity contribution < 1.29 is 4.74 Å². The van der Waals surface area contributed by atoms with Crippen LogP contribution in [0.4, 0.5) is 0 Å². The van der Waals surface area contributed by atoms with Gasteiger partial charge in [-0.1, -0.05) is 42.5 Å². The Bertz CT molecular complexity index is 688. The summed E-state index contributed by atoms with van der Waals surface area (Å²) in [7, 11) is 5.55. The molecule has 0 saturated heterocycles. The van der Waals surface area contributed by atoms with Crippen molar-refractivity contribution in [3.8, 4) is 11.1 Å². The van der Waals surface area contributed by atoms with Gasteiger partial charge >= 0.3 is 0 Å². The molecule has 0 radical (unpaired) electrons. The topological polar surface area (TPSA) is 34.5 Å². The molecule has 2 rings (SSSR count). The van der Waals surface area contributed by atoms with Crippen molar-refractivity contribution in [3.05, 3.63) is 70.7 Å². The van der Waals surface area contributed by atoms with Crippen molar-refractivity contribution in [2.24, 2.45) is 0 Å². The Labute approximate surface area is 131 Å². The summed E-state index contributed by atoms with van der Waals surface area (Å²) in [6.45, 7) is 0.556. The second-order valence-electron chi connectivity index (χ2n) is 5.25. The summed E-state index contributed by atoms with van der Waals surface area (Å²) in [5.41, 5.74) is 2.49. The number of nitrogens with zero attached hydrogens (tertiary/aromatic N) is 2. The summed E-state index contributed by atoms with van der Waals surface area (Å²) in [5, 5.41) is 1.94. The van der Waals surface area contributed by atoms with Gasteiger partial charge in [-0.3, -0.25) is 9.47 Å². The highest BCUT2D eigenvalue weighted by Crippen LogP contribution is 2.15. The van der Waals surface area contributed by atoms with Crippen LogP contribution in [0.15, 0.2) is 59.7 Å². The van der Waals surface area contributed by atoms with Crippen molar-refractivity contribution >= 4 is 0 Å². The van der Waals surface area contributed by atoms with Gasteiger partial charge in [0.1, 0.15) is 0 Å². The molecular formula is C18H22N2O2. The van der Waals surface area contributed by atoms with Crippen LogP contribution in [0.25, 0.3) is 11.1 Å². The van der Waals surface area contributed by atoms with Gasteiger partial charge in [0.25, 0.3) is 0 Å². The monoisotopic (exact) mass is 298 g/mol. The minimum absolute atomic E-state index is 0.0753. The average molecular weight is 298 g/mol. The first kappa shape index (κ1) is 16.0. The predicted molar refractivity (Wildman–Crippen MR) is 90.9 cm³/mol. The fourth-order valence-corrected chi connectivity index (χ4v) is 2.19. The number of rotatable bonds is 6. The molecule has 0 atom stereocenters. The quantitative estimate of drug-likeness (QED) is 0.768. The van der Waals surface area contributed by atoms with Crippen LogP contribution in [0.5, 0.6) is 0 Å². The van der Waals surface area contributed by atoms with Crippen molar-refractivity contribution in [3.63, 3.8) is 0 Å². The number of methoxy groups -OCH3 is 1. The molecule has 0 unspecified atom stereocenters. The predicted octanol–water partition coefficient (Wildman–Crippen LogP) is 2.46. The second kappa shape index (κ2) is 7.61. The van der Waals surface area contributed by atoms with Crippen LogP contribution in [0, 0.1) is 0 Å². The maximum absolute atomic E-state index is 12.7. The number of hydrogen-bond donors (Lipinski definition) is 0. The van der Waals surface area contributed by atoms with Crippen molar-refractivity contribution in [2.45, 2.75) is 6.42 Å². The van der Waals surface area contributed by atoms with Gasteiger partial charge in [-0.15, -0.1) is 0 Å². The number of benzene rings is 1. The van der Waals surface area contributed by atoms with E-state index in [1.54, 1.807) is 7.11 Å². The molecule has 0 N–H and O–H groups in total. The van der Waals surface area contributed by atoms with Gasteiger partial charge in [0.05, 0.1) is 6.61 Å². The molecule has 0 amide bonds. The zero-order chi connectivity index (χ0) is 15.9. The van der Waals surface area contributed by atoms with Crippen LogP contribution in [0.3, 0.4) is 0 Å². The lowest BCUT2D eigenvalue weighted by Gasteiger charge is -2.19. The number of aromatic nitrogens is 1. The smallest absolute Gasteiger partial charge is 0.193 e. The third kappa shape index (κ3) is 3.86. The van der Waals surface area contributed by atoms with Gasteiger partial charge in [-0.25, -0.2) is 0 Å². The van der Waals surface area contributed by atoms with Crippen molar-refractivity contribution in [1.82, 2.24) is 4.68 Å². The van der Waals surface area contributed by atoms with E-state index in [9.17, 15) is 4.79 Å². The molecule has 0 aliphatic carbocycles. The van der Waals surface area contributed by atoms with E-state index in [1.165, 1.54) is 0 Å². The molecule has 0 saturated carbocycles. The van der Waals surface area contributed by atoms with Crippen LogP contribution in [0.1, 0.15) is 5.56 Å². The largest absolute Gasteiger partial charge is 0.381 e. The molecule has 1 aromatic carbocycles. The number of hydrogen-bond acceptors (Lipinski definition) is 3. The van der Waals surface area contributed by atoms with Gasteiger partial charge in [-0.2, -0.15) is 0 Å². The van der Waals surface area contributed by atoms with E-state index in [4.69, 9.17) is 4.74 Å². The third-order valence-electron chi connectivity index (χ3n) is 3.40. The van der Waals surface area contributed by atoms with Gasteiger partial charge in [-0.05, 0) is 12.0 Å². The normalized spacial score (nSPS) is 11.0. The molecule has 0 spiro atoms. The fraction of sp³-hybridized carbons (Fsp3) is 0.278. The maximum Gasteiger partial charge on any atom is 0.193 e. The highest BCUT2D eigenvalue weighted by Gasteiger charge is 2.09. The van der Waals surface area contributed by atoms with Gasteiger partial charge in [0.2, 0.25) is 0 Å². The Kier molecular flexibility index (Phi) is 5.55. The van der Waals surface area contributed by atoms with Crippen molar-refractivity contribution in [2.75, 3.05) is 32.8 Å². The summed E-state index contributed by atoms with van der Waals surface area (Å²) < 4.78 is 6.92. The van der Waals surface area contributed by atoms with E-state index >= 15 is 0 Å². The van der Waals surface area contributed by atoms with Crippen LogP contribution in [0.2, 0.25) is 0 Å². The molecule has 2 aromatic rings. The van der Waals surface area contributed by atoms with Gasteiger partial charge < -0.3 is 9.75 Å². The van der Waals surface area contributed by atoms with E-state index in [2.05, 4.69) is 0 Å². The van der Waals surface area contributed by atoms with Crippen LogP contribution in [-0.2, 0) is 11.2 Å². The lowest BCUT2D eigenvalue weighted by molar-refractivity contribution is 0.233. The lowest BCUT2D eigenvalue weighted by Crippen LogP contribution is -2.28. The fourth-order valence-electron chi connectivity index (χ4n) is 2.19. The average Bonchev–Trinajstić information content (AvgIpc) is 2.53. The van der Waals surface area contributed by atoms with Gasteiger partial charge in [0, 0.05) is 44.7 Å². The second-order valence-corrected chi connectivity index (χ2v) is 5.25. The summed E-state index contributed by atoms with van der Waals surface area (Å²) >= 11 is 0. The standard InChI is InChI=1S/C18H22N2O2/c1-19(2)20-13-16(11-7-8-12-22-3)18(21)17(14-20)15-9-5-4-6-10-15/h4-10,13-14H,11-12H2,1-3H3/b8-7+. The molecule has 22 heavy (non-hydrogen) atoms. The molecule has 116 valence electrons. The molecule has 0 aliphatic rings. The summed E-state index contributed by atoms with van der Waals surface area (Å²) in [6.07, 6.45) is 8.24. The number of pyridine rings is 1. The Hall–Kier alpha value is -2.33. The van der Waals surface area contributed by atoms with E-state index in [-0.39, 0.29) is 5.43 Å². The molecule has 4 heteroatoms. The minimum atomic E-state index is 0.0753. The first-order valence-corrected chi connectivity index (χ1v) is 7.25. The molecule has 0 fully saturated rings. The highest BCUT2D eigenvalue weighted by atomic mass is 16.5. The van der Waals surface area contributed by atoms with Crippen LogP contribution < -0.4 is 10.4 Å². The summed E-state index contributed by atoms with van der Waals surface area (Å²) in [4.78, 5) is 12.7. The third-order valence-corrected chi connectivity index (χ3v) is 3.40. The van der Waals surface area contributed by atoms with E-state index in [1.807, 2.05) is 78.7 Å².